The first-order chi connectivity index (χ1) is 7.95. The van der Waals surface area contributed by atoms with E-state index in [4.69, 9.17) is 10.5 Å². The van der Waals surface area contributed by atoms with E-state index in [9.17, 15) is 12.8 Å². The molecule has 0 unspecified atom stereocenters. The van der Waals surface area contributed by atoms with Gasteiger partial charge in [-0.05, 0) is 24.6 Å². The van der Waals surface area contributed by atoms with E-state index >= 15 is 0 Å². The highest BCUT2D eigenvalue weighted by atomic mass is 32.2. The summed E-state index contributed by atoms with van der Waals surface area (Å²) in [4.78, 5) is -0.174. The Bertz CT molecular complexity index is 456. The van der Waals surface area contributed by atoms with Crippen molar-refractivity contribution in [3.63, 3.8) is 0 Å². The number of hydrogen-bond acceptors (Lipinski definition) is 4. The average molecular weight is 262 g/mol. The molecule has 0 aromatic heterocycles. The first-order valence-corrected chi connectivity index (χ1v) is 6.48. The third kappa shape index (κ3) is 4.29. The van der Waals surface area contributed by atoms with Gasteiger partial charge in [-0.15, -0.1) is 0 Å². The Hall–Kier alpha value is -1.18. The Morgan fingerprint density at radius 3 is 2.71 bits per heavy atom. The lowest BCUT2D eigenvalue weighted by molar-refractivity contribution is 0.196. The van der Waals surface area contributed by atoms with E-state index in [1.54, 1.807) is 0 Å². The molecule has 0 saturated heterocycles. The number of sulfonamides is 1. The topological polar surface area (TPSA) is 81.4 Å². The fraction of sp³-hybridized carbons (Fsp3) is 0.400. The molecule has 0 fully saturated rings. The van der Waals surface area contributed by atoms with Crippen LogP contribution in [0.25, 0.3) is 0 Å². The Labute approximate surface area is 99.8 Å². The fourth-order valence-corrected chi connectivity index (χ4v) is 2.38. The van der Waals surface area contributed by atoms with E-state index in [0.29, 0.717) is 13.0 Å². The number of benzene rings is 1. The van der Waals surface area contributed by atoms with Crippen LogP contribution in [0.15, 0.2) is 23.1 Å². The maximum atomic E-state index is 13.0. The number of ether oxygens (including phenoxy) is 1. The normalized spacial score (nSPS) is 11.6. The summed E-state index contributed by atoms with van der Waals surface area (Å²) in [6.45, 7) is 0.681. The summed E-state index contributed by atoms with van der Waals surface area (Å²) in [5, 5.41) is 0. The third-order valence-corrected chi connectivity index (χ3v) is 3.46. The van der Waals surface area contributed by atoms with Gasteiger partial charge < -0.3 is 10.5 Å². The van der Waals surface area contributed by atoms with Crippen LogP contribution < -0.4 is 10.5 Å². The minimum absolute atomic E-state index is 0.0715. The minimum atomic E-state index is -3.71. The van der Waals surface area contributed by atoms with E-state index in [2.05, 4.69) is 4.72 Å². The summed E-state index contributed by atoms with van der Waals surface area (Å²) in [7, 11) is -2.18. The molecule has 5 nitrogen and oxygen atoms in total. The molecule has 0 heterocycles. The highest BCUT2D eigenvalue weighted by Crippen LogP contribution is 2.15. The highest BCUT2D eigenvalue weighted by Gasteiger charge is 2.14. The van der Waals surface area contributed by atoms with Gasteiger partial charge in [-0.25, -0.2) is 17.5 Å². The average Bonchev–Trinajstić information content (AvgIpc) is 2.23. The van der Waals surface area contributed by atoms with Crippen molar-refractivity contribution in [1.82, 2.24) is 4.72 Å². The second kappa shape index (κ2) is 5.95. The smallest absolute Gasteiger partial charge is 0.240 e. The Balaban J connectivity index is 2.75. The molecule has 0 aliphatic carbocycles. The van der Waals surface area contributed by atoms with Gasteiger partial charge >= 0.3 is 0 Å². The maximum absolute atomic E-state index is 13.0. The number of nitrogens with two attached hydrogens (primary N) is 1. The molecule has 0 atom stereocenters. The number of methoxy groups -OCH3 is 1. The zero-order valence-corrected chi connectivity index (χ0v) is 10.3. The number of rotatable bonds is 6. The summed E-state index contributed by atoms with van der Waals surface area (Å²) in [5.74, 6) is -0.678. The summed E-state index contributed by atoms with van der Waals surface area (Å²) in [6.07, 6.45) is 0.542. The van der Waals surface area contributed by atoms with E-state index in [-0.39, 0.29) is 17.1 Å². The minimum Gasteiger partial charge on any atom is -0.399 e. The van der Waals surface area contributed by atoms with Crippen molar-refractivity contribution in [2.24, 2.45) is 0 Å². The highest BCUT2D eigenvalue weighted by molar-refractivity contribution is 7.89. The van der Waals surface area contributed by atoms with Crippen molar-refractivity contribution in [1.29, 1.82) is 0 Å². The number of halogens is 1. The molecule has 96 valence electrons. The molecule has 17 heavy (non-hydrogen) atoms. The van der Waals surface area contributed by atoms with Gasteiger partial charge in [-0.2, -0.15) is 0 Å². The zero-order valence-electron chi connectivity index (χ0n) is 9.44. The van der Waals surface area contributed by atoms with Crippen LogP contribution in [0.2, 0.25) is 0 Å². The van der Waals surface area contributed by atoms with E-state index in [1.165, 1.54) is 13.2 Å². The Morgan fingerprint density at radius 1 is 1.41 bits per heavy atom. The van der Waals surface area contributed by atoms with Crippen molar-refractivity contribution in [2.45, 2.75) is 11.3 Å². The second-order valence-electron chi connectivity index (χ2n) is 3.46. The van der Waals surface area contributed by atoms with Gasteiger partial charge in [0.05, 0.1) is 4.90 Å². The lowest BCUT2D eigenvalue weighted by Crippen LogP contribution is -2.25. The van der Waals surface area contributed by atoms with Gasteiger partial charge in [0, 0.05) is 25.9 Å². The van der Waals surface area contributed by atoms with Crippen molar-refractivity contribution in [3.8, 4) is 0 Å². The second-order valence-corrected chi connectivity index (χ2v) is 5.23. The number of anilines is 1. The van der Waals surface area contributed by atoms with Gasteiger partial charge in [0.15, 0.2) is 0 Å². The van der Waals surface area contributed by atoms with Crippen LogP contribution in [-0.4, -0.2) is 28.7 Å². The quantitative estimate of drug-likeness (QED) is 0.584. The monoisotopic (exact) mass is 262 g/mol. The number of nitrogen functional groups attached to an aromatic ring is 1. The summed E-state index contributed by atoms with van der Waals surface area (Å²) < 4.78 is 43.6. The summed E-state index contributed by atoms with van der Waals surface area (Å²) in [5.41, 5.74) is 5.45. The van der Waals surface area contributed by atoms with Gasteiger partial charge in [-0.3, -0.25) is 0 Å². The van der Waals surface area contributed by atoms with Crippen LogP contribution in [0.1, 0.15) is 6.42 Å². The van der Waals surface area contributed by atoms with Crippen LogP contribution in [-0.2, 0) is 14.8 Å². The Kier molecular flexibility index (Phi) is 4.86. The predicted molar refractivity (Wildman–Crippen MR) is 62.5 cm³/mol. The largest absolute Gasteiger partial charge is 0.399 e. The predicted octanol–water partition coefficient (Wildman–Crippen LogP) is 0.723. The van der Waals surface area contributed by atoms with Gasteiger partial charge in [0.1, 0.15) is 5.82 Å². The van der Waals surface area contributed by atoms with Crippen molar-refractivity contribution in [3.05, 3.63) is 24.0 Å². The molecule has 0 spiro atoms. The van der Waals surface area contributed by atoms with Gasteiger partial charge in [0.2, 0.25) is 10.0 Å². The summed E-state index contributed by atoms with van der Waals surface area (Å²) >= 11 is 0. The molecule has 1 aromatic rings. The number of hydrogen-bond donors (Lipinski definition) is 2. The Morgan fingerprint density at radius 2 is 2.12 bits per heavy atom. The van der Waals surface area contributed by atoms with E-state index in [1.807, 2.05) is 0 Å². The molecule has 0 amide bonds. The molecule has 0 aliphatic heterocycles. The molecule has 0 bridgehead atoms. The lowest BCUT2D eigenvalue weighted by atomic mass is 10.3. The molecule has 0 aliphatic rings. The first kappa shape index (κ1) is 13.9. The standard InChI is InChI=1S/C10H15FN2O3S/c1-16-4-2-3-13-17(14,15)10-6-8(11)5-9(12)7-10/h5-7,13H,2-4,12H2,1H3. The van der Waals surface area contributed by atoms with Gasteiger partial charge in [0.25, 0.3) is 0 Å². The van der Waals surface area contributed by atoms with Crippen molar-refractivity contribution in [2.75, 3.05) is 26.0 Å². The molecule has 0 saturated carbocycles. The van der Waals surface area contributed by atoms with E-state index in [0.717, 1.165) is 12.1 Å². The molecule has 1 rings (SSSR count). The molecular weight excluding hydrogens is 247 g/mol. The zero-order chi connectivity index (χ0) is 12.9. The third-order valence-electron chi connectivity index (χ3n) is 2.02. The molecule has 1 aromatic carbocycles. The lowest BCUT2D eigenvalue weighted by Gasteiger charge is -2.07. The first-order valence-electron chi connectivity index (χ1n) is 5.00. The van der Waals surface area contributed by atoms with Crippen LogP contribution in [0.3, 0.4) is 0 Å². The van der Waals surface area contributed by atoms with Crippen LogP contribution in [0.4, 0.5) is 10.1 Å². The maximum Gasteiger partial charge on any atom is 0.240 e. The molecule has 3 N–H and O–H groups in total. The van der Waals surface area contributed by atoms with E-state index < -0.39 is 15.8 Å². The molecular formula is C10H15FN2O3S. The van der Waals surface area contributed by atoms with Crippen LogP contribution in [0.5, 0.6) is 0 Å². The van der Waals surface area contributed by atoms with Crippen LogP contribution >= 0.6 is 0 Å². The molecule has 0 radical (unpaired) electrons. The SMILES string of the molecule is COCCCNS(=O)(=O)c1cc(N)cc(F)c1. The van der Waals surface area contributed by atoms with Gasteiger partial charge in [-0.1, -0.05) is 0 Å². The van der Waals surface area contributed by atoms with Crippen LogP contribution in [0, 0.1) is 5.82 Å². The number of nitrogens with one attached hydrogen (secondary N) is 1. The van der Waals surface area contributed by atoms with Crippen molar-refractivity contribution < 1.29 is 17.5 Å². The molecule has 7 heteroatoms. The summed E-state index contributed by atoms with van der Waals surface area (Å²) in [6, 6.07) is 3.20. The van der Waals surface area contributed by atoms with Crippen molar-refractivity contribution >= 4 is 15.7 Å². The fourth-order valence-electron chi connectivity index (χ4n) is 1.25.